The highest BCUT2D eigenvalue weighted by atomic mass is 79.9. The zero-order valence-electron chi connectivity index (χ0n) is 24.7. The van der Waals surface area contributed by atoms with E-state index in [1.165, 1.54) is 51.5 Å². The van der Waals surface area contributed by atoms with Crippen molar-refractivity contribution in [3.8, 4) is 11.5 Å². The SMILES string of the molecule is O=C(OCc1ccccc1)c1ccc2c(c1)C(C(=O)NC1CCN(CC3CCCCCCC3)CC1)c1cc(Br)ccc1O2. The Morgan fingerprint density at radius 2 is 1.51 bits per heavy atom. The van der Waals surface area contributed by atoms with E-state index in [9.17, 15) is 9.59 Å². The van der Waals surface area contributed by atoms with Crippen molar-refractivity contribution in [2.75, 3.05) is 19.6 Å². The Bertz CT molecular complexity index is 1410. The molecule has 3 aliphatic rings. The molecule has 6 nitrogen and oxygen atoms in total. The Morgan fingerprint density at radius 1 is 0.837 bits per heavy atom. The molecule has 1 aliphatic carbocycles. The van der Waals surface area contributed by atoms with Gasteiger partial charge in [0.25, 0.3) is 0 Å². The average Bonchev–Trinajstić information content (AvgIpc) is 3.01. The minimum absolute atomic E-state index is 0.0582. The number of rotatable bonds is 7. The van der Waals surface area contributed by atoms with Crippen LogP contribution in [0.5, 0.6) is 11.5 Å². The Balaban J connectivity index is 1.14. The second-order valence-corrected chi connectivity index (χ2v) is 13.2. The summed E-state index contributed by atoms with van der Waals surface area (Å²) in [5, 5.41) is 3.37. The maximum atomic E-state index is 14.1. The lowest BCUT2D eigenvalue weighted by molar-refractivity contribution is -0.122. The van der Waals surface area contributed by atoms with E-state index in [2.05, 4.69) is 26.1 Å². The fraction of sp³-hybridized carbons (Fsp3) is 0.444. The molecule has 1 unspecified atom stereocenters. The largest absolute Gasteiger partial charge is 0.457 e. The number of likely N-dealkylation sites (tertiary alicyclic amines) is 1. The summed E-state index contributed by atoms with van der Waals surface area (Å²) in [6.45, 7) is 3.42. The number of esters is 1. The van der Waals surface area contributed by atoms with Crippen molar-refractivity contribution in [3.05, 3.63) is 93.5 Å². The minimum Gasteiger partial charge on any atom is -0.457 e. The minimum atomic E-state index is -0.592. The van der Waals surface area contributed by atoms with E-state index in [0.717, 1.165) is 47.4 Å². The maximum absolute atomic E-state index is 14.1. The molecule has 1 atom stereocenters. The lowest BCUT2D eigenvalue weighted by Gasteiger charge is -2.36. The van der Waals surface area contributed by atoms with Crippen molar-refractivity contribution in [2.45, 2.75) is 76.4 Å². The summed E-state index contributed by atoms with van der Waals surface area (Å²) in [5.41, 5.74) is 2.79. The van der Waals surface area contributed by atoms with Gasteiger partial charge in [-0.15, -0.1) is 0 Å². The average molecular weight is 646 g/mol. The first-order valence-electron chi connectivity index (χ1n) is 15.9. The molecule has 1 saturated carbocycles. The molecule has 3 aromatic carbocycles. The molecule has 2 fully saturated rings. The molecule has 0 aromatic heterocycles. The zero-order chi connectivity index (χ0) is 29.6. The topological polar surface area (TPSA) is 67.9 Å². The molecule has 43 heavy (non-hydrogen) atoms. The molecule has 0 spiro atoms. The Labute approximate surface area is 263 Å². The molecule has 7 heteroatoms. The van der Waals surface area contributed by atoms with Crippen LogP contribution in [0.25, 0.3) is 0 Å². The van der Waals surface area contributed by atoms with Crippen LogP contribution < -0.4 is 10.1 Å². The van der Waals surface area contributed by atoms with Crippen LogP contribution in [0.4, 0.5) is 0 Å². The molecule has 2 aliphatic heterocycles. The maximum Gasteiger partial charge on any atom is 0.338 e. The van der Waals surface area contributed by atoms with E-state index in [0.29, 0.717) is 22.6 Å². The molecule has 1 amide bonds. The molecule has 0 bridgehead atoms. The van der Waals surface area contributed by atoms with Crippen molar-refractivity contribution in [1.82, 2.24) is 10.2 Å². The van der Waals surface area contributed by atoms with Crippen LogP contribution in [0.2, 0.25) is 0 Å². The fourth-order valence-corrected chi connectivity index (χ4v) is 7.22. The summed E-state index contributed by atoms with van der Waals surface area (Å²) < 4.78 is 12.7. The third-order valence-electron chi connectivity index (χ3n) is 9.21. The van der Waals surface area contributed by atoms with Crippen molar-refractivity contribution in [3.63, 3.8) is 0 Å². The first kappa shape index (κ1) is 29.9. The van der Waals surface area contributed by atoms with Gasteiger partial charge in [0.05, 0.1) is 11.5 Å². The summed E-state index contributed by atoms with van der Waals surface area (Å²) in [4.78, 5) is 29.7. The van der Waals surface area contributed by atoms with Crippen molar-refractivity contribution in [2.24, 2.45) is 5.92 Å². The molecular weight excluding hydrogens is 604 g/mol. The number of halogens is 1. The van der Waals surface area contributed by atoms with Gasteiger partial charge in [0.2, 0.25) is 5.91 Å². The number of benzene rings is 3. The second kappa shape index (κ2) is 14.1. The summed E-state index contributed by atoms with van der Waals surface area (Å²) in [7, 11) is 0. The van der Waals surface area contributed by atoms with Crippen LogP contribution in [0, 0.1) is 5.92 Å². The number of amides is 1. The molecule has 2 heterocycles. The first-order valence-corrected chi connectivity index (χ1v) is 16.7. The third kappa shape index (κ3) is 7.50. The highest BCUT2D eigenvalue weighted by Crippen LogP contribution is 2.45. The normalized spacial score (nSPS) is 19.7. The lowest BCUT2D eigenvalue weighted by Crippen LogP contribution is -2.47. The van der Waals surface area contributed by atoms with Gasteiger partial charge < -0.3 is 19.7 Å². The smallest absolute Gasteiger partial charge is 0.338 e. The highest BCUT2D eigenvalue weighted by Gasteiger charge is 2.35. The van der Waals surface area contributed by atoms with E-state index in [-0.39, 0.29) is 18.6 Å². The number of nitrogens with zero attached hydrogens (tertiary/aromatic N) is 1. The molecule has 1 saturated heterocycles. The monoisotopic (exact) mass is 644 g/mol. The molecule has 0 radical (unpaired) electrons. The second-order valence-electron chi connectivity index (χ2n) is 12.3. The summed E-state index contributed by atoms with van der Waals surface area (Å²) in [6.07, 6.45) is 11.5. The molecular formula is C36H41BrN2O4. The lowest BCUT2D eigenvalue weighted by atomic mass is 9.86. The number of hydrogen-bond donors (Lipinski definition) is 1. The number of ether oxygens (including phenoxy) is 2. The Hall–Kier alpha value is -3.16. The quantitative estimate of drug-likeness (QED) is 0.264. The molecule has 3 aromatic rings. The number of hydrogen-bond acceptors (Lipinski definition) is 5. The number of piperidine rings is 1. The van der Waals surface area contributed by atoms with Gasteiger partial charge in [-0.25, -0.2) is 4.79 Å². The van der Waals surface area contributed by atoms with Crippen molar-refractivity contribution < 1.29 is 19.1 Å². The van der Waals surface area contributed by atoms with E-state index in [1.54, 1.807) is 18.2 Å². The molecule has 1 N–H and O–H groups in total. The van der Waals surface area contributed by atoms with Crippen LogP contribution in [-0.4, -0.2) is 42.5 Å². The van der Waals surface area contributed by atoms with Crippen LogP contribution in [-0.2, 0) is 16.1 Å². The van der Waals surface area contributed by atoms with E-state index in [1.807, 2.05) is 48.5 Å². The van der Waals surface area contributed by atoms with Gasteiger partial charge in [-0.05, 0) is 73.6 Å². The fourth-order valence-electron chi connectivity index (χ4n) is 6.84. The van der Waals surface area contributed by atoms with Crippen LogP contribution in [0.15, 0.2) is 71.2 Å². The number of fused-ring (bicyclic) bond motifs is 2. The van der Waals surface area contributed by atoms with Crippen molar-refractivity contribution in [1.29, 1.82) is 0 Å². The highest BCUT2D eigenvalue weighted by molar-refractivity contribution is 9.10. The summed E-state index contributed by atoms with van der Waals surface area (Å²) in [5.74, 6) is 0.979. The van der Waals surface area contributed by atoms with Crippen molar-refractivity contribution >= 4 is 27.8 Å². The van der Waals surface area contributed by atoms with Gasteiger partial charge in [-0.1, -0.05) is 78.4 Å². The number of carbonyl (C=O) groups is 2. The van der Waals surface area contributed by atoms with Gasteiger partial charge in [0, 0.05) is 41.3 Å². The molecule has 226 valence electrons. The van der Waals surface area contributed by atoms with Gasteiger partial charge >= 0.3 is 5.97 Å². The summed E-state index contributed by atoms with van der Waals surface area (Å²) >= 11 is 3.58. The van der Waals surface area contributed by atoms with Gasteiger partial charge in [0.1, 0.15) is 18.1 Å². The van der Waals surface area contributed by atoms with Crippen LogP contribution in [0.1, 0.15) is 90.8 Å². The predicted molar refractivity (Wildman–Crippen MR) is 171 cm³/mol. The van der Waals surface area contributed by atoms with E-state index < -0.39 is 11.9 Å². The number of carbonyl (C=O) groups excluding carboxylic acids is 2. The van der Waals surface area contributed by atoms with E-state index >= 15 is 0 Å². The van der Waals surface area contributed by atoms with E-state index in [4.69, 9.17) is 9.47 Å². The molecule has 6 rings (SSSR count). The standard InChI is InChI=1S/C36H41BrN2O4/c37-28-14-16-33-31(22-28)34(30-21-27(13-15-32(30)43-33)36(41)42-24-26-11-7-4-8-12-26)35(40)38-29-17-19-39(20-18-29)23-25-9-5-2-1-3-6-10-25/h4,7-8,11-16,21-22,25,29,34H,1-3,5-6,9-10,17-20,23-24H2,(H,38,40). The predicted octanol–water partition coefficient (Wildman–Crippen LogP) is 7.98. The zero-order valence-corrected chi connectivity index (χ0v) is 26.3. The van der Waals surface area contributed by atoms with Crippen LogP contribution >= 0.6 is 15.9 Å². The number of nitrogens with one attached hydrogen (secondary N) is 1. The Morgan fingerprint density at radius 3 is 2.26 bits per heavy atom. The van der Waals surface area contributed by atoms with Gasteiger partial charge in [-0.3, -0.25) is 4.79 Å². The third-order valence-corrected chi connectivity index (χ3v) is 9.70. The van der Waals surface area contributed by atoms with Crippen LogP contribution in [0.3, 0.4) is 0 Å². The van der Waals surface area contributed by atoms with Gasteiger partial charge in [0.15, 0.2) is 0 Å². The van der Waals surface area contributed by atoms with Gasteiger partial charge in [-0.2, -0.15) is 0 Å². The summed E-state index contributed by atoms with van der Waals surface area (Å²) in [6, 6.07) is 20.7. The Kier molecular flexibility index (Phi) is 9.79. The first-order chi connectivity index (χ1) is 21.0.